The van der Waals surface area contributed by atoms with Gasteiger partial charge in [0.15, 0.2) is 0 Å². The predicted molar refractivity (Wildman–Crippen MR) is 84.5 cm³/mol. The highest BCUT2D eigenvalue weighted by molar-refractivity contribution is 8.03. The van der Waals surface area contributed by atoms with Crippen LogP contribution < -0.4 is 5.73 Å². The summed E-state index contributed by atoms with van der Waals surface area (Å²) < 4.78 is 4.55. The summed E-state index contributed by atoms with van der Waals surface area (Å²) in [4.78, 5) is 12.0. The van der Waals surface area contributed by atoms with Crippen molar-refractivity contribution < 1.29 is 9.53 Å². The van der Waals surface area contributed by atoms with Crippen molar-refractivity contribution in [2.24, 2.45) is 5.73 Å². The number of esters is 1. The van der Waals surface area contributed by atoms with E-state index in [1.54, 1.807) is 35.7 Å². The van der Waals surface area contributed by atoms with Crippen molar-refractivity contribution in [3.8, 4) is 0 Å². The van der Waals surface area contributed by atoms with Gasteiger partial charge in [0.25, 0.3) is 0 Å². The van der Waals surface area contributed by atoms with E-state index in [2.05, 4.69) is 4.74 Å². The van der Waals surface area contributed by atoms with Crippen LogP contribution in [0.1, 0.15) is 0 Å². The Hall–Kier alpha value is -0.0700. The number of methoxy groups -OCH3 is 1. The van der Waals surface area contributed by atoms with Crippen LogP contribution in [-0.2, 0) is 9.53 Å². The normalized spacial score (nSPS) is 12.2. The summed E-state index contributed by atoms with van der Waals surface area (Å²) >= 11 is 15.2. The molecule has 0 spiro atoms. The number of nitrogens with two attached hydrogens (primary N) is 1. The summed E-state index contributed by atoms with van der Waals surface area (Å²) in [6.45, 7) is 0. The number of hydrogen-bond donors (Lipinski definition) is 1. The second-order valence-corrected chi connectivity index (χ2v) is 6.76. The molecule has 7 heteroatoms. The zero-order valence-electron chi connectivity index (χ0n) is 10.4. The van der Waals surface area contributed by atoms with E-state index >= 15 is 0 Å². The lowest BCUT2D eigenvalue weighted by Crippen LogP contribution is -2.34. The number of ether oxygens (including phenoxy) is 1. The zero-order chi connectivity index (χ0) is 14.3. The molecule has 19 heavy (non-hydrogen) atoms. The molecule has 0 fully saturated rings. The molecule has 0 amide bonds. The molecule has 1 unspecified atom stereocenters. The van der Waals surface area contributed by atoms with Crippen LogP contribution >= 0.6 is 46.7 Å². The van der Waals surface area contributed by atoms with Crippen LogP contribution in [0.4, 0.5) is 0 Å². The second-order valence-electron chi connectivity index (χ2n) is 3.63. The number of benzene rings is 1. The highest BCUT2D eigenvalue weighted by Crippen LogP contribution is 2.30. The maximum Gasteiger partial charge on any atom is 0.323 e. The van der Waals surface area contributed by atoms with Crippen LogP contribution in [0.25, 0.3) is 0 Å². The first-order valence-electron chi connectivity index (χ1n) is 5.53. The smallest absolute Gasteiger partial charge is 0.323 e. The minimum atomic E-state index is -0.560. The summed E-state index contributed by atoms with van der Waals surface area (Å²) in [7, 11) is 1.34. The molecule has 106 valence electrons. The topological polar surface area (TPSA) is 52.3 Å². The van der Waals surface area contributed by atoms with E-state index in [4.69, 9.17) is 28.9 Å². The summed E-state index contributed by atoms with van der Waals surface area (Å²) in [6, 6.07) is 4.83. The molecule has 0 aliphatic rings. The van der Waals surface area contributed by atoms with Crippen molar-refractivity contribution in [2.45, 2.75) is 10.9 Å². The van der Waals surface area contributed by atoms with E-state index in [0.29, 0.717) is 15.8 Å². The molecule has 1 atom stereocenters. The monoisotopic (exact) mass is 339 g/mol. The lowest BCUT2D eigenvalue weighted by Gasteiger charge is -2.08. The van der Waals surface area contributed by atoms with Gasteiger partial charge in [0.1, 0.15) is 6.04 Å². The third-order valence-corrected chi connectivity index (χ3v) is 5.26. The Morgan fingerprint density at radius 1 is 1.42 bits per heavy atom. The van der Waals surface area contributed by atoms with E-state index in [1.807, 2.05) is 6.07 Å². The summed E-state index contributed by atoms with van der Waals surface area (Å²) in [6.07, 6.45) is 0. The maximum atomic E-state index is 11.1. The van der Waals surface area contributed by atoms with Gasteiger partial charge in [-0.2, -0.15) is 11.8 Å². The Morgan fingerprint density at radius 2 is 2.16 bits per heavy atom. The third kappa shape index (κ3) is 6.27. The van der Waals surface area contributed by atoms with Crippen molar-refractivity contribution in [3.63, 3.8) is 0 Å². The molecule has 2 N–H and O–H groups in total. The standard InChI is InChI=1S/C12H15Cl2NO2S2/c1-17-12(16)10(15)7-18-4-5-19-11-6-8(13)2-3-9(11)14/h2-3,6,10H,4-5,7,15H2,1H3. The molecule has 1 rings (SSSR count). The SMILES string of the molecule is COC(=O)C(N)CSCCSc1cc(Cl)ccc1Cl. The molecule has 0 aliphatic heterocycles. The number of rotatable bonds is 7. The fourth-order valence-corrected chi connectivity index (χ4v) is 3.74. The summed E-state index contributed by atoms with van der Waals surface area (Å²) in [5.74, 6) is 1.92. The Labute approximate surface area is 131 Å². The highest BCUT2D eigenvalue weighted by Gasteiger charge is 2.12. The first-order chi connectivity index (χ1) is 9.04. The largest absolute Gasteiger partial charge is 0.468 e. The Morgan fingerprint density at radius 3 is 2.84 bits per heavy atom. The molecule has 0 heterocycles. The lowest BCUT2D eigenvalue weighted by atomic mass is 10.4. The molecule has 0 saturated carbocycles. The van der Waals surface area contributed by atoms with Crippen molar-refractivity contribution in [1.29, 1.82) is 0 Å². The second kappa shape index (κ2) is 8.97. The predicted octanol–water partition coefficient (Wildman–Crippen LogP) is 3.32. The van der Waals surface area contributed by atoms with Gasteiger partial charge in [0.05, 0.1) is 12.1 Å². The zero-order valence-corrected chi connectivity index (χ0v) is 13.5. The van der Waals surface area contributed by atoms with Gasteiger partial charge < -0.3 is 10.5 Å². The fourth-order valence-electron chi connectivity index (χ4n) is 1.23. The van der Waals surface area contributed by atoms with Gasteiger partial charge in [-0.3, -0.25) is 4.79 Å². The van der Waals surface area contributed by atoms with Crippen LogP contribution in [0.15, 0.2) is 23.1 Å². The van der Waals surface area contributed by atoms with Crippen molar-refractivity contribution in [2.75, 3.05) is 24.4 Å². The van der Waals surface area contributed by atoms with Crippen molar-refractivity contribution >= 4 is 52.7 Å². The Bertz CT molecular complexity index is 432. The van der Waals surface area contributed by atoms with E-state index in [1.165, 1.54) is 7.11 Å². The fraction of sp³-hybridized carbons (Fsp3) is 0.417. The van der Waals surface area contributed by atoms with Gasteiger partial charge in [0.2, 0.25) is 0 Å². The summed E-state index contributed by atoms with van der Waals surface area (Å²) in [5.41, 5.74) is 5.62. The molecule has 1 aromatic rings. The average molecular weight is 340 g/mol. The maximum absolute atomic E-state index is 11.1. The van der Waals surface area contributed by atoms with Crippen molar-refractivity contribution in [1.82, 2.24) is 0 Å². The van der Waals surface area contributed by atoms with E-state index in [9.17, 15) is 4.79 Å². The molecule has 0 aromatic heterocycles. The number of carbonyl (C=O) groups excluding carboxylic acids is 1. The van der Waals surface area contributed by atoms with Crippen LogP contribution in [0.5, 0.6) is 0 Å². The van der Waals surface area contributed by atoms with Crippen LogP contribution in [-0.4, -0.2) is 36.4 Å². The molecular formula is C12H15Cl2NO2S2. The van der Waals surface area contributed by atoms with E-state index in [0.717, 1.165) is 16.4 Å². The molecule has 0 saturated heterocycles. The van der Waals surface area contributed by atoms with Gasteiger partial charge in [-0.1, -0.05) is 23.2 Å². The number of carbonyl (C=O) groups is 1. The van der Waals surface area contributed by atoms with E-state index in [-0.39, 0.29) is 5.97 Å². The Kier molecular flexibility index (Phi) is 8.02. The molecule has 0 aliphatic carbocycles. The van der Waals surface area contributed by atoms with Crippen LogP contribution in [0.2, 0.25) is 10.0 Å². The lowest BCUT2D eigenvalue weighted by molar-refractivity contribution is -0.141. The van der Waals surface area contributed by atoms with Gasteiger partial charge >= 0.3 is 5.97 Å². The number of hydrogen-bond acceptors (Lipinski definition) is 5. The molecule has 3 nitrogen and oxygen atoms in total. The minimum Gasteiger partial charge on any atom is -0.468 e. The highest BCUT2D eigenvalue weighted by atomic mass is 35.5. The molecule has 1 aromatic carbocycles. The summed E-state index contributed by atoms with van der Waals surface area (Å²) in [5, 5.41) is 1.37. The Balaban J connectivity index is 2.24. The van der Waals surface area contributed by atoms with E-state index < -0.39 is 6.04 Å². The van der Waals surface area contributed by atoms with Gasteiger partial charge in [0, 0.05) is 27.2 Å². The first-order valence-corrected chi connectivity index (χ1v) is 8.43. The van der Waals surface area contributed by atoms with Gasteiger partial charge in [-0.05, 0) is 18.2 Å². The van der Waals surface area contributed by atoms with Gasteiger partial charge in [-0.25, -0.2) is 0 Å². The van der Waals surface area contributed by atoms with Crippen LogP contribution in [0.3, 0.4) is 0 Å². The first kappa shape index (κ1) is 17.0. The van der Waals surface area contributed by atoms with Gasteiger partial charge in [-0.15, -0.1) is 11.8 Å². The molecule has 0 radical (unpaired) electrons. The van der Waals surface area contributed by atoms with Crippen molar-refractivity contribution in [3.05, 3.63) is 28.2 Å². The average Bonchev–Trinajstić information content (AvgIpc) is 2.40. The quantitative estimate of drug-likeness (QED) is 0.469. The minimum absolute atomic E-state index is 0.377. The third-order valence-electron chi connectivity index (χ3n) is 2.18. The molecular weight excluding hydrogens is 325 g/mol. The molecule has 0 bridgehead atoms. The number of thioether (sulfide) groups is 2. The number of halogens is 2. The van der Waals surface area contributed by atoms with Crippen LogP contribution in [0, 0.1) is 0 Å².